The van der Waals surface area contributed by atoms with Gasteiger partial charge in [0.15, 0.2) is 0 Å². The number of nitrogens with zero attached hydrogens (tertiary/aromatic N) is 1. The lowest BCUT2D eigenvalue weighted by molar-refractivity contribution is 0.243. The number of phenolic OH excluding ortho intramolecular Hbond substituents is 1. The second kappa shape index (κ2) is 5.85. The Morgan fingerprint density at radius 1 is 1.35 bits per heavy atom. The molecule has 1 heterocycles. The molecule has 2 N–H and O–H groups in total. The van der Waals surface area contributed by atoms with E-state index in [1.165, 1.54) is 0 Å². The lowest BCUT2D eigenvalue weighted by Crippen LogP contribution is -2.44. The average Bonchev–Trinajstić information content (AvgIpc) is 2.33. The van der Waals surface area contributed by atoms with Gasteiger partial charge in [-0.1, -0.05) is 15.9 Å². The Balaban J connectivity index is 1.98. The molecular formula is C13H19BrN2O. The molecule has 0 aliphatic carbocycles. The Morgan fingerprint density at radius 3 is 2.76 bits per heavy atom. The monoisotopic (exact) mass is 298 g/mol. The van der Waals surface area contributed by atoms with E-state index in [1.54, 1.807) is 0 Å². The highest BCUT2D eigenvalue weighted by Gasteiger charge is 2.11. The van der Waals surface area contributed by atoms with Gasteiger partial charge in [0, 0.05) is 37.2 Å². The van der Waals surface area contributed by atoms with Crippen LogP contribution in [0.15, 0.2) is 16.6 Å². The molecule has 0 amide bonds. The van der Waals surface area contributed by atoms with Crippen molar-refractivity contribution in [2.24, 2.45) is 0 Å². The maximum Gasteiger partial charge on any atom is 0.121 e. The number of hydrogen-bond donors (Lipinski definition) is 2. The third kappa shape index (κ3) is 3.44. The van der Waals surface area contributed by atoms with E-state index in [0.29, 0.717) is 5.75 Å². The van der Waals surface area contributed by atoms with E-state index in [1.807, 2.05) is 19.1 Å². The standard InChI is InChI=1S/C13H19BrN2O/c1-10-8-12(14)9-11(13(10)17)2-5-16-6-3-15-4-7-16/h8-9,15,17H,2-7H2,1H3. The van der Waals surface area contributed by atoms with E-state index in [9.17, 15) is 5.11 Å². The van der Waals surface area contributed by atoms with Crippen LogP contribution in [0.5, 0.6) is 5.75 Å². The van der Waals surface area contributed by atoms with Crippen molar-refractivity contribution < 1.29 is 5.11 Å². The maximum absolute atomic E-state index is 10.00. The summed E-state index contributed by atoms with van der Waals surface area (Å²) in [6.07, 6.45) is 0.909. The van der Waals surface area contributed by atoms with Crippen LogP contribution in [-0.2, 0) is 6.42 Å². The van der Waals surface area contributed by atoms with Crippen molar-refractivity contribution in [1.29, 1.82) is 0 Å². The van der Waals surface area contributed by atoms with Gasteiger partial charge in [0.2, 0.25) is 0 Å². The van der Waals surface area contributed by atoms with Crippen molar-refractivity contribution in [3.8, 4) is 5.75 Å². The molecule has 17 heavy (non-hydrogen) atoms. The summed E-state index contributed by atoms with van der Waals surface area (Å²) in [5, 5.41) is 13.3. The number of aromatic hydroxyl groups is 1. The molecule has 2 rings (SSSR count). The molecule has 1 aliphatic rings. The Bertz CT molecular complexity index is 389. The van der Waals surface area contributed by atoms with Gasteiger partial charge in [0.05, 0.1) is 0 Å². The molecule has 3 nitrogen and oxygen atoms in total. The number of hydrogen-bond acceptors (Lipinski definition) is 3. The van der Waals surface area contributed by atoms with Crippen molar-refractivity contribution in [2.45, 2.75) is 13.3 Å². The molecule has 1 aromatic carbocycles. The largest absolute Gasteiger partial charge is 0.507 e. The predicted molar refractivity (Wildman–Crippen MR) is 73.6 cm³/mol. The van der Waals surface area contributed by atoms with Gasteiger partial charge in [-0.25, -0.2) is 0 Å². The number of halogens is 1. The van der Waals surface area contributed by atoms with Crippen molar-refractivity contribution in [2.75, 3.05) is 32.7 Å². The minimum absolute atomic E-state index is 0.448. The zero-order valence-electron chi connectivity index (χ0n) is 10.2. The van der Waals surface area contributed by atoms with Gasteiger partial charge in [-0.2, -0.15) is 0 Å². The minimum atomic E-state index is 0.448. The number of phenols is 1. The van der Waals surface area contributed by atoms with Crippen LogP contribution in [0.25, 0.3) is 0 Å². The first kappa shape index (κ1) is 12.9. The molecule has 1 saturated heterocycles. The van der Waals surface area contributed by atoms with E-state index in [2.05, 4.69) is 26.1 Å². The highest BCUT2D eigenvalue weighted by atomic mass is 79.9. The summed E-state index contributed by atoms with van der Waals surface area (Å²) in [4.78, 5) is 2.44. The smallest absolute Gasteiger partial charge is 0.121 e. The van der Waals surface area contributed by atoms with Crippen molar-refractivity contribution in [3.05, 3.63) is 27.7 Å². The number of piperazine rings is 1. The van der Waals surface area contributed by atoms with E-state index < -0.39 is 0 Å². The van der Waals surface area contributed by atoms with Gasteiger partial charge in [-0.15, -0.1) is 0 Å². The number of aryl methyl sites for hydroxylation is 1. The molecule has 94 valence electrons. The molecule has 0 bridgehead atoms. The van der Waals surface area contributed by atoms with E-state index in [4.69, 9.17) is 0 Å². The summed E-state index contributed by atoms with van der Waals surface area (Å²) in [6, 6.07) is 3.97. The first-order valence-electron chi connectivity index (χ1n) is 6.08. The summed E-state index contributed by atoms with van der Waals surface area (Å²) in [7, 11) is 0. The fourth-order valence-corrected chi connectivity index (χ4v) is 2.83. The second-order valence-electron chi connectivity index (χ2n) is 4.57. The van der Waals surface area contributed by atoms with Crippen molar-refractivity contribution in [3.63, 3.8) is 0 Å². The van der Waals surface area contributed by atoms with Gasteiger partial charge in [0.1, 0.15) is 5.75 Å². The molecule has 1 aromatic rings. The van der Waals surface area contributed by atoms with Crippen LogP contribution in [-0.4, -0.2) is 42.7 Å². The third-order valence-electron chi connectivity index (χ3n) is 3.25. The Morgan fingerprint density at radius 2 is 2.06 bits per heavy atom. The van der Waals surface area contributed by atoms with Gasteiger partial charge in [0.25, 0.3) is 0 Å². The molecule has 1 fully saturated rings. The molecule has 1 aliphatic heterocycles. The van der Waals surface area contributed by atoms with Crippen LogP contribution in [0, 0.1) is 6.92 Å². The molecule has 0 spiro atoms. The number of nitrogens with one attached hydrogen (secondary N) is 1. The molecular weight excluding hydrogens is 280 g/mol. The molecule has 0 unspecified atom stereocenters. The Labute approximate surface area is 111 Å². The molecule has 0 atom stereocenters. The Hall–Kier alpha value is -0.580. The van der Waals surface area contributed by atoms with Crippen molar-refractivity contribution in [1.82, 2.24) is 10.2 Å². The fraction of sp³-hybridized carbons (Fsp3) is 0.538. The second-order valence-corrected chi connectivity index (χ2v) is 5.49. The quantitative estimate of drug-likeness (QED) is 0.895. The molecule has 4 heteroatoms. The van der Waals surface area contributed by atoms with Gasteiger partial charge in [-0.3, -0.25) is 0 Å². The van der Waals surface area contributed by atoms with E-state index >= 15 is 0 Å². The summed E-state index contributed by atoms with van der Waals surface area (Å²) in [5.74, 6) is 0.448. The molecule has 0 saturated carbocycles. The number of rotatable bonds is 3. The normalized spacial score (nSPS) is 17.3. The predicted octanol–water partition coefficient (Wildman–Crippen LogP) is 1.91. The third-order valence-corrected chi connectivity index (χ3v) is 3.71. The van der Waals surface area contributed by atoms with Gasteiger partial charge in [-0.05, 0) is 36.6 Å². The lowest BCUT2D eigenvalue weighted by Gasteiger charge is -2.27. The van der Waals surface area contributed by atoms with E-state index in [0.717, 1.165) is 54.7 Å². The van der Waals surface area contributed by atoms with Crippen LogP contribution in [0.4, 0.5) is 0 Å². The van der Waals surface area contributed by atoms with Crippen LogP contribution in [0.1, 0.15) is 11.1 Å². The topological polar surface area (TPSA) is 35.5 Å². The summed E-state index contributed by atoms with van der Waals surface area (Å²) < 4.78 is 1.04. The van der Waals surface area contributed by atoms with E-state index in [-0.39, 0.29) is 0 Å². The summed E-state index contributed by atoms with van der Waals surface area (Å²) in [5.41, 5.74) is 1.98. The lowest BCUT2D eigenvalue weighted by atomic mass is 10.1. The SMILES string of the molecule is Cc1cc(Br)cc(CCN2CCNCC2)c1O. The van der Waals surface area contributed by atoms with Crippen LogP contribution < -0.4 is 5.32 Å². The highest BCUT2D eigenvalue weighted by molar-refractivity contribution is 9.10. The van der Waals surface area contributed by atoms with Crippen LogP contribution in [0.3, 0.4) is 0 Å². The summed E-state index contributed by atoms with van der Waals surface area (Å²) in [6.45, 7) is 7.31. The maximum atomic E-state index is 10.00. The van der Waals surface area contributed by atoms with Crippen molar-refractivity contribution >= 4 is 15.9 Å². The fourth-order valence-electron chi connectivity index (χ4n) is 2.21. The molecule has 0 aromatic heterocycles. The highest BCUT2D eigenvalue weighted by Crippen LogP contribution is 2.27. The average molecular weight is 299 g/mol. The zero-order chi connectivity index (χ0) is 12.3. The first-order valence-corrected chi connectivity index (χ1v) is 6.87. The number of benzene rings is 1. The summed E-state index contributed by atoms with van der Waals surface area (Å²) >= 11 is 3.48. The minimum Gasteiger partial charge on any atom is -0.507 e. The van der Waals surface area contributed by atoms with Crippen LogP contribution in [0.2, 0.25) is 0 Å². The first-order chi connectivity index (χ1) is 8.16. The van der Waals surface area contributed by atoms with Gasteiger partial charge < -0.3 is 15.3 Å². The molecule has 0 radical (unpaired) electrons. The van der Waals surface area contributed by atoms with Gasteiger partial charge >= 0.3 is 0 Å². The Kier molecular flexibility index (Phi) is 4.42. The zero-order valence-corrected chi connectivity index (χ0v) is 11.8. The van der Waals surface area contributed by atoms with Crippen LogP contribution >= 0.6 is 15.9 Å².